The second-order valence-electron chi connectivity index (χ2n) is 5.86. The van der Waals surface area contributed by atoms with Gasteiger partial charge in [0.15, 0.2) is 0 Å². The predicted molar refractivity (Wildman–Crippen MR) is 77.4 cm³/mol. The van der Waals surface area contributed by atoms with Gasteiger partial charge >= 0.3 is 0 Å². The van der Waals surface area contributed by atoms with E-state index in [0.717, 1.165) is 12.6 Å². The number of benzene rings is 1. The molecule has 1 aliphatic carbocycles. The molecule has 0 aromatic heterocycles. The molecule has 0 saturated heterocycles. The van der Waals surface area contributed by atoms with Crippen molar-refractivity contribution < 1.29 is 8.78 Å². The van der Waals surface area contributed by atoms with Crippen molar-refractivity contribution in [2.24, 2.45) is 11.7 Å². The Balaban J connectivity index is 2.07. The van der Waals surface area contributed by atoms with Crippen LogP contribution in [0.3, 0.4) is 0 Å². The van der Waals surface area contributed by atoms with E-state index in [1.165, 1.54) is 44.2 Å². The highest BCUT2D eigenvalue weighted by Gasteiger charge is 2.23. The van der Waals surface area contributed by atoms with Crippen LogP contribution >= 0.6 is 0 Å². The lowest BCUT2D eigenvalue weighted by Crippen LogP contribution is -2.35. The van der Waals surface area contributed by atoms with Gasteiger partial charge in [0.05, 0.1) is 0 Å². The van der Waals surface area contributed by atoms with E-state index in [1.54, 1.807) is 0 Å². The van der Waals surface area contributed by atoms with E-state index in [2.05, 4.69) is 4.90 Å². The average molecular weight is 282 g/mol. The summed E-state index contributed by atoms with van der Waals surface area (Å²) < 4.78 is 27.2. The lowest BCUT2D eigenvalue weighted by atomic mass is 9.88. The summed E-state index contributed by atoms with van der Waals surface area (Å²) in [6.07, 6.45) is 6.33. The minimum atomic E-state index is -0.411. The van der Waals surface area contributed by atoms with Crippen molar-refractivity contribution in [3.05, 3.63) is 35.4 Å². The van der Waals surface area contributed by atoms with Crippen LogP contribution in [0.5, 0.6) is 0 Å². The van der Waals surface area contributed by atoms with Crippen LogP contribution in [-0.4, -0.2) is 25.0 Å². The van der Waals surface area contributed by atoms with Crippen molar-refractivity contribution in [2.45, 2.75) is 38.1 Å². The molecule has 0 heterocycles. The van der Waals surface area contributed by atoms with E-state index in [1.807, 2.05) is 7.05 Å². The fourth-order valence-electron chi connectivity index (χ4n) is 3.22. The second-order valence-corrected chi connectivity index (χ2v) is 5.86. The molecule has 1 aliphatic rings. The molecule has 0 amide bonds. The van der Waals surface area contributed by atoms with Crippen LogP contribution in [0.2, 0.25) is 0 Å². The zero-order valence-corrected chi connectivity index (χ0v) is 12.1. The van der Waals surface area contributed by atoms with Crippen molar-refractivity contribution in [1.82, 2.24) is 4.90 Å². The van der Waals surface area contributed by atoms with Gasteiger partial charge < -0.3 is 5.73 Å². The zero-order chi connectivity index (χ0) is 14.5. The molecule has 20 heavy (non-hydrogen) atoms. The van der Waals surface area contributed by atoms with Gasteiger partial charge in [-0.05, 0) is 44.0 Å². The number of halogens is 2. The van der Waals surface area contributed by atoms with E-state index in [9.17, 15) is 8.78 Å². The average Bonchev–Trinajstić information content (AvgIpc) is 2.44. The normalized spacial score (nSPS) is 18.4. The Morgan fingerprint density at radius 1 is 1.25 bits per heavy atom. The maximum absolute atomic E-state index is 13.9. The maximum Gasteiger partial charge on any atom is 0.128 e. The van der Waals surface area contributed by atoms with E-state index < -0.39 is 5.82 Å². The molecule has 2 rings (SSSR count). The van der Waals surface area contributed by atoms with Crippen LogP contribution in [0.25, 0.3) is 0 Å². The Bertz CT molecular complexity index is 430. The molecule has 1 aromatic rings. The van der Waals surface area contributed by atoms with Crippen molar-refractivity contribution in [2.75, 3.05) is 20.1 Å². The number of nitrogens with zero attached hydrogens (tertiary/aromatic N) is 1. The summed E-state index contributed by atoms with van der Waals surface area (Å²) in [5, 5.41) is 0. The Morgan fingerprint density at radius 2 is 1.95 bits per heavy atom. The summed E-state index contributed by atoms with van der Waals surface area (Å²) >= 11 is 0. The van der Waals surface area contributed by atoms with Gasteiger partial charge in [-0.15, -0.1) is 0 Å². The van der Waals surface area contributed by atoms with E-state index in [4.69, 9.17) is 5.73 Å². The summed E-state index contributed by atoms with van der Waals surface area (Å²) in [6.45, 7) is 1.20. The van der Waals surface area contributed by atoms with Crippen molar-refractivity contribution in [3.8, 4) is 0 Å². The first-order chi connectivity index (χ1) is 9.61. The van der Waals surface area contributed by atoms with Crippen molar-refractivity contribution in [1.29, 1.82) is 0 Å². The highest BCUT2D eigenvalue weighted by atomic mass is 19.1. The molecular weight excluding hydrogens is 258 g/mol. The topological polar surface area (TPSA) is 29.3 Å². The van der Waals surface area contributed by atoms with Gasteiger partial charge in [-0.25, -0.2) is 8.78 Å². The summed E-state index contributed by atoms with van der Waals surface area (Å²) in [5.41, 5.74) is 6.17. The Kier molecular flexibility index (Phi) is 5.49. The standard InChI is InChI=1S/C16H24F2N2/c1-20(11-12-5-3-2-4-6-12)16(10-19)14-9-13(17)7-8-15(14)18/h7-9,12,16H,2-6,10-11,19H2,1H3. The molecule has 4 heteroatoms. The molecule has 1 aromatic carbocycles. The van der Waals surface area contributed by atoms with Crippen molar-refractivity contribution >= 4 is 0 Å². The summed E-state index contributed by atoms with van der Waals surface area (Å²) in [4.78, 5) is 2.08. The minimum Gasteiger partial charge on any atom is -0.329 e. The lowest BCUT2D eigenvalue weighted by molar-refractivity contribution is 0.183. The van der Waals surface area contributed by atoms with Crippen LogP contribution in [0.1, 0.15) is 43.7 Å². The highest BCUT2D eigenvalue weighted by Crippen LogP contribution is 2.28. The van der Waals surface area contributed by atoms with Gasteiger partial charge in [-0.2, -0.15) is 0 Å². The summed E-state index contributed by atoms with van der Waals surface area (Å²) in [5.74, 6) is -0.136. The number of rotatable bonds is 5. The maximum atomic E-state index is 13.9. The summed E-state index contributed by atoms with van der Waals surface area (Å²) in [6, 6.07) is 3.34. The van der Waals surface area contributed by atoms with Crippen molar-refractivity contribution in [3.63, 3.8) is 0 Å². The van der Waals surface area contributed by atoms with Crippen LogP contribution in [-0.2, 0) is 0 Å². The zero-order valence-electron chi connectivity index (χ0n) is 12.1. The van der Waals surface area contributed by atoms with Gasteiger partial charge in [0, 0.05) is 24.7 Å². The smallest absolute Gasteiger partial charge is 0.128 e. The number of nitrogens with two attached hydrogens (primary N) is 1. The molecule has 112 valence electrons. The third-order valence-corrected chi connectivity index (χ3v) is 4.34. The lowest BCUT2D eigenvalue weighted by Gasteiger charge is -2.32. The number of hydrogen-bond acceptors (Lipinski definition) is 2. The highest BCUT2D eigenvalue weighted by molar-refractivity contribution is 5.22. The van der Waals surface area contributed by atoms with Gasteiger partial charge in [-0.1, -0.05) is 19.3 Å². The third kappa shape index (κ3) is 3.76. The minimum absolute atomic E-state index is 0.257. The van der Waals surface area contributed by atoms with E-state index in [0.29, 0.717) is 18.0 Å². The second kappa shape index (κ2) is 7.14. The summed E-state index contributed by atoms with van der Waals surface area (Å²) in [7, 11) is 1.95. The molecule has 2 nitrogen and oxygen atoms in total. The SMILES string of the molecule is CN(CC1CCCCC1)C(CN)c1cc(F)ccc1F. The first-order valence-electron chi connectivity index (χ1n) is 7.47. The molecule has 0 aliphatic heterocycles. The molecule has 2 N–H and O–H groups in total. The van der Waals surface area contributed by atoms with E-state index in [-0.39, 0.29) is 11.9 Å². The van der Waals surface area contributed by atoms with Crippen LogP contribution in [0, 0.1) is 17.6 Å². The monoisotopic (exact) mass is 282 g/mol. The molecule has 0 radical (unpaired) electrons. The Hall–Kier alpha value is -1.00. The molecule has 1 fully saturated rings. The number of hydrogen-bond donors (Lipinski definition) is 1. The van der Waals surface area contributed by atoms with Gasteiger partial charge in [-0.3, -0.25) is 4.90 Å². The fourth-order valence-corrected chi connectivity index (χ4v) is 3.22. The molecule has 1 saturated carbocycles. The third-order valence-electron chi connectivity index (χ3n) is 4.34. The van der Waals surface area contributed by atoms with Crippen LogP contribution < -0.4 is 5.73 Å². The quantitative estimate of drug-likeness (QED) is 0.896. The van der Waals surface area contributed by atoms with Gasteiger partial charge in [0.1, 0.15) is 11.6 Å². The Labute approximate surface area is 120 Å². The molecule has 1 atom stereocenters. The van der Waals surface area contributed by atoms with Crippen LogP contribution in [0.4, 0.5) is 8.78 Å². The fraction of sp³-hybridized carbons (Fsp3) is 0.625. The van der Waals surface area contributed by atoms with Gasteiger partial charge in [0.2, 0.25) is 0 Å². The number of likely N-dealkylation sites (N-methyl/N-ethyl adjacent to an activating group) is 1. The van der Waals surface area contributed by atoms with Gasteiger partial charge in [0.25, 0.3) is 0 Å². The first-order valence-corrected chi connectivity index (χ1v) is 7.47. The van der Waals surface area contributed by atoms with Crippen LogP contribution in [0.15, 0.2) is 18.2 Å². The predicted octanol–water partition coefficient (Wildman–Crippen LogP) is 3.48. The molecule has 0 bridgehead atoms. The molecule has 1 unspecified atom stereocenters. The molecule has 0 spiro atoms. The molecular formula is C16H24F2N2. The van der Waals surface area contributed by atoms with E-state index >= 15 is 0 Å². The largest absolute Gasteiger partial charge is 0.329 e. The first kappa shape index (κ1) is 15.4. The Morgan fingerprint density at radius 3 is 2.60 bits per heavy atom.